The second-order valence-corrected chi connectivity index (χ2v) is 26.3. The fourth-order valence-electron chi connectivity index (χ4n) is 10.9. The van der Waals surface area contributed by atoms with E-state index in [9.17, 15) is 54.0 Å². The van der Waals surface area contributed by atoms with E-state index < -0.39 is 74.3 Å². The molecule has 0 aromatic heterocycles. The Labute approximate surface area is 478 Å². The minimum Gasteiger partial charge on any atom is -0.460 e. The van der Waals surface area contributed by atoms with Crippen LogP contribution in [0.1, 0.15) is 237 Å². The van der Waals surface area contributed by atoms with Gasteiger partial charge in [-0.1, -0.05) is 64.2 Å². The third kappa shape index (κ3) is 27.7. The number of ether oxygens (including phenoxy) is 4. The molecule has 0 aliphatic heterocycles. The molecule has 5 saturated carbocycles. The van der Waals surface area contributed by atoms with Crippen LogP contribution in [-0.2, 0) is 52.5 Å². The van der Waals surface area contributed by atoms with Gasteiger partial charge in [-0.2, -0.15) is 5.26 Å². The summed E-state index contributed by atoms with van der Waals surface area (Å²) in [6.07, 6.45) is 15.8. The van der Waals surface area contributed by atoms with Gasteiger partial charge in [0, 0.05) is 28.3 Å². The van der Waals surface area contributed by atoms with Gasteiger partial charge in [0.25, 0.3) is 0 Å². The van der Waals surface area contributed by atoms with E-state index in [0.29, 0.717) is 32.1 Å². The molecule has 3 atom stereocenters. The molecule has 0 radical (unpaired) electrons. The van der Waals surface area contributed by atoms with Crippen LogP contribution < -0.4 is 17.2 Å². The Bertz CT molecular complexity index is 1920. The standard InChI is InChI=1S/C13H23NO4.C13H21NO3.C12H22O3.C12H20O3.C7H14N2O2.2ClH/c1-12(2,3)18-9(15)8-13(6-4-5-7-13)10(16)11(14)17;1-12(2,3)17-11(16)8-13(10(15)9-14)6-4-5-7-13;2*1-11(2,3)15-10(14)8-12(9-13)6-4-5-7-12;8-6(11)5(10)7(9)3-1-2-4-7;;/h10,16H,4-8H2,1-3H3,(H2,14,17);10,15H,4-8H2,1-3H3;13H,4-9H2,1-3H3;9H,4-8H2,1-3H3;5,10H,1-4,9H2,(H2,8,11);2*1H. The molecule has 5 aliphatic carbocycles. The minimum atomic E-state index is -1.27. The number of hydrogen-bond acceptors (Lipinski definition) is 17. The van der Waals surface area contributed by atoms with E-state index in [-0.39, 0.29) is 80.0 Å². The van der Waals surface area contributed by atoms with Crippen molar-refractivity contribution in [2.24, 2.45) is 38.9 Å². The van der Waals surface area contributed by atoms with Gasteiger partial charge >= 0.3 is 23.9 Å². The summed E-state index contributed by atoms with van der Waals surface area (Å²) in [5, 5.41) is 47.2. The summed E-state index contributed by atoms with van der Waals surface area (Å²) in [5.74, 6) is -2.62. The molecule has 19 nitrogen and oxygen atoms in total. The number of amides is 2. The second kappa shape index (κ2) is 32.7. The van der Waals surface area contributed by atoms with Crippen molar-refractivity contribution in [2.75, 3.05) is 6.61 Å². The molecule has 5 rings (SSSR count). The van der Waals surface area contributed by atoms with Crippen LogP contribution in [0.3, 0.4) is 0 Å². The van der Waals surface area contributed by atoms with E-state index in [0.717, 1.165) is 109 Å². The summed E-state index contributed by atoms with van der Waals surface area (Å²) < 4.78 is 21.0. The number of halogens is 2. The average Bonchev–Trinajstić information content (AvgIpc) is 4.14. The monoisotopic (exact) mass is 1150 g/mol. The first-order valence-corrected chi connectivity index (χ1v) is 27.5. The Hall–Kier alpha value is -3.64. The molecule has 0 bridgehead atoms. The van der Waals surface area contributed by atoms with Crippen molar-refractivity contribution in [1.29, 1.82) is 5.26 Å². The lowest BCUT2D eigenvalue weighted by Gasteiger charge is -2.32. The first-order chi connectivity index (χ1) is 34.8. The molecule has 0 spiro atoms. The van der Waals surface area contributed by atoms with Crippen molar-refractivity contribution in [3.8, 4) is 6.07 Å². The van der Waals surface area contributed by atoms with Gasteiger partial charge in [-0.25, -0.2) is 0 Å². The van der Waals surface area contributed by atoms with E-state index in [1.54, 1.807) is 20.8 Å². The SMILES string of the molecule is CC(C)(C)OC(=O)CC1(C(O)C#N)CCCC1.CC(C)(C)OC(=O)CC1(C(O)C(N)=O)CCCC1.CC(C)(C)OC(=O)CC1(C=O)CCCC1.CC(C)(C)OC(=O)CC1(CO)CCCC1.Cl.Cl.NC(=O)C(O)C1(N)CCCC1. The number of carbonyl (C=O) groups is 7. The van der Waals surface area contributed by atoms with Gasteiger partial charge in [0.1, 0.15) is 47.0 Å². The summed E-state index contributed by atoms with van der Waals surface area (Å²) in [6, 6.07) is 1.86. The van der Waals surface area contributed by atoms with Crippen molar-refractivity contribution in [3.63, 3.8) is 0 Å². The maximum Gasteiger partial charge on any atom is 0.307 e. The van der Waals surface area contributed by atoms with Crippen LogP contribution in [0.15, 0.2) is 0 Å². The number of aliphatic hydroxyl groups excluding tert-OH is 4. The molecule has 10 N–H and O–H groups in total. The summed E-state index contributed by atoms with van der Waals surface area (Å²) in [6.45, 7) is 22.0. The second-order valence-electron chi connectivity index (χ2n) is 26.3. The smallest absolute Gasteiger partial charge is 0.307 e. The number of hydrogen-bond donors (Lipinski definition) is 7. The number of esters is 4. The van der Waals surface area contributed by atoms with Gasteiger partial charge in [-0.15, -0.1) is 24.8 Å². The molecule has 0 heterocycles. The van der Waals surface area contributed by atoms with Crippen molar-refractivity contribution < 1.29 is 72.9 Å². The Morgan fingerprint density at radius 2 is 0.795 bits per heavy atom. The molecule has 5 aliphatic rings. The Morgan fingerprint density at radius 1 is 0.500 bits per heavy atom. The predicted molar refractivity (Wildman–Crippen MR) is 301 cm³/mol. The van der Waals surface area contributed by atoms with E-state index in [2.05, 4.69) is 0 Å². The summed E-state index contributed by atoms with van der Waals surface area (Å²) >= 11 is 0. The van der Waals surface area contributed by atoms with Crippen LogP contribution in [0.25, 0.3) is 0 Å². The van der Waals surface area contributed by atoms with Crippen LogP contribution in [0.2, 0.25) is 0 Å². The highest BCUT2D eigenvalue weighted by atomic mass is 35.5. The minimum absolute atomic E-state index is 0. The van der Waals surface area contributed by atoms with Crippen molar-refractivity contribution in [1.82, 2.24) is 0 Å². The number of carbonyl (C=O) groups excluding carboxylic acids is 7. The molecule has 0 aromatic carbocycles. The molecule has 454 valence electrons. The number of aliphatic hydroxyl groups is 4. The van der Waals surface area contributed by atoms with E-state index in [1.807, 2.05) is 68.4 Å². The van der Waals surface area contributed by atoms with Crippen LogP contribution >= 0.6 is 24.8 Å². The van der Waals surface area contributed by atoms with Crippen LogP contribution in [0.5, 0.6) is 0 Å². The molecular weight excluding hydrogens is 1050 g/mol. The summed E-state index contributed by atoms with van der Waals surface area (Å²) in [7, 11) is 0. The lowest BCUT2D eigenvalue weighted by Crippen LogP contribution is -2.54. The molecule has 78 heavy (non-hydrogen) atoms. The fourth-order valence-corrected chi connectivity index (χ4v) is 10.9. The third-order valence-electron chi connectivity index (χ3n) is 14.6. The number of nitrogens with zero attached hydrogens (tertiary/aromatic N) is 1. The fraction of sp³-hybridized carbons (Fsp3) is 0.860. The number of primary amides is 2. The number of aldehydes is 1. The largest absolute Gasteiger partial charge is 0.460 e. The van der Waals surface area contributed by atoms with E-state index in [4.69, 9.17) is 41.4 Å². The predicted octanol–water partition coefficient (Wildman–Crippen LogP) is 7.98. The van der Waals surface area contributed by atoms with Crippen LogP contribution in [0.4, 0.5) is 0 Å². The number of nitrogens with two attached hydrogens (primary N) is 3. The first kappa shape index (κ1) is 76.4. The molecule has 0 saturated heterocycles. The van der Waals surface area contributed by atoms with Gasteiger partial charge < -0.3 is 61.4 Å². The van der Waals surface area contributed by atoms with Crippen LogP contribution in [-0.4, -0.2) is 115 Å². The first-order valence-electron chi connectivity index (χ1n) is 27.5. The lowest BCUT2D eigenvalue weighted by molar-refractivity contribution is -0.161. The van der Waals surface area contributed by atoms with Gasteiger partial charge in [-0.05, 0) is 147 Å². The molecule has 3 unspecified atom stereocenters. The van der Waals surface area contributed by atoms with Crippen LogP contribution in [0, 0.1) is 33.0 Å². The highest BCUT2D eigenvalue weighted by Gasteiger charge is 2.47. The summed E-state index contributed by atoms with van der Waals surface area (Å²) in [4.78, 5) is 79.7. The Morgan fingerprint density at radius 3 is 1.12 bits per heavy atom. The summed E-state index contributed by atoms with van der Waals surface area (Å²) in [5.41, 5.74) is 11.2. The molecular formula is C57H102Cl2N4O15. The van der Waals surface area contributed by atoms with Crippen molar-refractivity contribution >= 4 is 66.8 Å². The Kier molecular flexibility index (Phi) is 32.1. The maximum atomic E-state index is 11.9. The van der Waals surface area contributed by atoms with Gasteiger partial charge in [0.05, 0.1) is 37.3 Å². The normalized spacial score (nSPS) is 20.5. The van der Waals surface area contributed by atoms with E-state index >= 15 is 0 Å². The zero-order chi connectivity index (χ0) is 58.6. The molecule has 21 heteroatoms. The quantitative estimate of drug-likeness (QED) is 0.0353. The Balaban J connectivity index is 0. The van der Waals surface area contributed by atoms with Gasteiger partial charge in [-0.3, -0.25) is 28.8 Å². The zero-order valence-electron chi connectivity index (χ0n) is 49.3. The lowest BCUT2D eigenvalue weighted by atomic mass is 9.77. The molecule has 5 fully saturated rings. The van der Waals surface area contributed by atoms with Crippen molar-refractivity contribution in [3.05, 3.63) is 0 Å². The van der Waals surface area contributed by atoms with Gasteiger partial charge in [0.2, 0.25) is 11.8 Å². The topological polar surface area (TPSA) is 339 Å². The van der Waals surface area contributed by atoms with Gasteiger partial charge in [0.15, 0.2) is 0 Å². The highest BCUT2D eigenvalue weighted by molar-refractivity contribution is 5.86. The van der Waals surface area contributed by atoms with Crippen molar-refractivity contribution in [2.45, 2.75) is 283 Å². The number of nitriles is 1. The average molecular weight is 1150 g/mol. The molecule has 2 amide bonds. The highest BCUT2D eigenvalue weighted by Crippen LogP contribution is 2.46. The van der Waals surface area contributed by atoms with E-state index in [1.165, 1.54) is 0 Å². The third-order valence-corrected chi connectivity index (χ3v) is 14.6. The maximum absolute atomic E-state index is 11.9. The molecule has 0 aromatic rings. The number of rotatable bonds is 15. The zero-order valence-corrected chi connectivity index (χ0v) is 50.9.